The van der Waals surface area contributed by atoms with Crippen molar-refractivity contribution in [2.75, 3.05) is 11.9 Å². The van der Waals surface area contributed by atoms with Crippen molar-refractivity contribution in [3.05, 3.63) is 60.2 Å². The Balaban J connectivity index is 2.07. The van der Waals surface area contributed by atoms with Crippen molar-refractivity contribution in [3.63, 3.8) is 0 Å². The topological polar surface area (TPSA) is 29.9 Å². The van der Waals surface area contributed by atoms with E-state index in [0.717, 1.165) is 24.6 Å². The lowest BCUT2D eigenvalue weighted by Gasteiger charge is -2.09. The van der Waals surface area contributed by atoms with E-state index >= 15 is 0 Å². The van der Waals surface area contributed by atoms with Gasteiger partial charge in [-0.05, 0) is 24.6 Å². The first-order chi connectivity index (χ1) is 9.38. The fourth-order valence-electron chi connectivity index (χ4n) is 2.29. The number of nitrogens with zero attached hydrogens (tertiary/aromatic N) is 2. The zero-order chi connectivity index (χ0) is 13.1. The molecule has 0 radical (unpaired) electrons. The quantitative estimate of drug-likeness (QED) is 0.769. The number of fused-ring (bicyclic) bond motifs is 1. The molecule has 0 saturated carbocycles. The second-order valence-electron chi connectivity index (χ2n) is 4.53. The highest BCUT2D eigenvalue weighted by Crippen LogP contribution is 2.20. The third-order valence-electron chi connectivity index (χ3n) is 3.17. The van der Waals surface area contributed by atoms with Crippen molar-refractivity contribution < 1.29 is 0 Å². The van der Waals surface area contributed by atoms with Gasteiger partial charge in [0.25, 0.3) is 0 Å². The Kier molecular flexibility index (Phi) is 3.19. The van der Waals surface area contributed by atoms with Gasteiger partial charge < -0.3 is 9.88 Å². The lowest BCUT2D eigenvalue weighted by molar-refractivity contribution is 0.826. The molecule has 0 saturated heterocycles. The highest BCUT2D eigenvalue weighted by Gasteiger charge is 2.09. The van der Waals surface area contributed by atoms with Crippen LogP contribution in [0.2, 0.25) is 0 Å². The normalized spacial score (nSPS) is 10.8. The number of para-hydroxylation sites is 2. The number of imidazole rings is 1. The maximum absolute atomic E-state index is 4.65. The molecule has 0 unspecified atom stereocenters. The van der Waals surface area contributed by atoms with Crippen molar-refractivity contribution in [1.29, 1.82) is 0 Å². The summed E-state index contributed by atoms with van der Waals surface area (Å²) in [4.78, 5) is 4.65. The summed E-state index contributed by atoms with van der Waals surface area (Å²) in [7, 11) is 0. The fraction of sp³-hybridized carbons (Fsp3) is 0.188. The molecular formula is C16H17N3. The van der Waals surface area contributed by atoms with E-state index in [9.17, 15) is 0 Å². The van der Waals surface area contributed by atoms with Crippen molar-refractivity contribution in [2.24, 2.45) is 0 Å². The van der Waals surface area contributed by atoms with Gasteiger partial charge in [-0.25, -0.2) is 4.98 Å². The van der Waals surface area contributed by atoms with Crippen LogP contribution in [0.1, 0.15) is 12.5 Å². The summed E-state index contributed by atoms with van der Waals surface area (Å²) >= 11 is 0. The molecule has 3 aromatic rings. The van der Waals surface area contributed by atoms with E-state index in [-0.39, 0.29) is 0 Å². The predicted molar refractivity (Wildman–Crippen MR) is 79.4 cm³/mol. The second-order valence-corrected chi connectivity index (χ2v) is 4.53. The molecule has 19 heavy (non-hydrogen) atoms. The zero-order valence-electron chi connectivity index (χ0n) is 11.0. The molecule has 3 heteroatoms. The fourth-order valence-corrected chi connectivity index (χ4v) is 2.29. The number of aromatic nitrogens is 2. The van der Waals surface area contributed by atoms with E-state index in [0.29, 0.717) is 0 Å². The van der Waals surface area contributed by atoms with Crippen LogP contribution in [0.25, 0.3) is 11.0 Å². The van der Waals surface area contributed by atoms with E-state index in [1.807, 2.05) is 12.1 Å². The Morgan fingerprint density at radius 2 is 1.74 bits per heavy atom. The Morgan fingerprint density at radius 3 is 2.53 bits per heavy atom. The predicted octanol–water partition coefficient (Wildman–Crippen LogP) is 3.52. The van der Waals surface area contributed by atoms with Crippen LogP contribution in [0, 0.1) is 0 Å². The molecular weight excluding hydrogens is 234 g/mol. The summed E-state index contributed by atoms with van der Waals surface area (Å²) in [5.41, 5.74) is 3.49. The molecule has 0 aliphatic heterocycles. The van der Waals surface area contributed by atoms with Gasteiger partial charge in [-0.3, -0.25) is 0 Å². The molecule has 0 bridgehead atoms. The van der Waals surface area contributed by atoms with Gasteiger partial charge in [0.15, 0.2) is 0 Å². The summed E-state index contributed by atoms with van der Waals surface area (Å²) in [5, 5.41) is 3.34. The number of nitrogens with one attached hydrogen (secondary N) is 1. The van der Waals surface area contributed by atoms with Crippen LogP contribution in [-0.4, -0.2) is 16.1 Å². The number of anilines is 1. The van der Waals surface area contributed by atoms with E-state index in [4.69, 9.17) is 0 Å². The van der Waals surface area contributed by atoms with Crippen LogP contribution in [0.3, 0.4) is 0 Å². The number of hydrogen-bond acceptors (Lipinski definition) is 2. The molecule has 1 N–H and O–H groups in total. The minimum absolute atomic E-state index is 0.837. The SMILES string of the molecule is CCNc1nc2ccccc2n1Cc1ccccc1. The number of hydrogen-bond donors (Lipinski definition) is 1. The van der Waals surface area contributed by atoms with Crippen LogP contribution in [-0.2, 0) is 6.54 Å². The van der Waals surface area contributed by atoms with Gasteiger partial charge in [0, 0.05) is 6.54 Å². The van der Waals surface area contributed by atoms with Gasteiger partial charge in [-0.15, -0.1) is 0 Å². The second kappa shape index (κ2) is 5.14. The molecule has 3 nitrogen and oxygen atoms in total. The lowest BCUT2D eigenvalue weighted by atomic mass is 10.2. The largest absolute Gasteiger partial charge is 0.356 e. The molecule has 0 amide bonds. The van der Waals surface area contributed by atoms with Crippen molar-refractivity contribution in [2.45, 2.75) is 13.5 Å². The van der Waals surface area contributed by atoms with Crippen molar-refractivity contribution >= 4 is 17.0 Å². The van der Waals surface area contributed by atoms with E-state index in [2.05, 4.69) is 64.3 Å². The molecule has 2 aromatic carbocycles. The van der Waals surface area contributed by atoms with Crippen LogP contribution in [0.5, 0.6) is 0 Å². The van der Waals surface area contributed by atoms with E-state index < -0.39 is 0 Å². The summed E-state index contributed by atoms with van der Waals surface area (Å²) in [6.45, 7) is 3.80. The van der Waals surface area contributed by atoms with Crippen LogP contribution in [0.4, 0.5) is 5.95 Å². The van der Waals surface area contributed by atoms with E-state index in [1.165, 1.54) is 11.1 Å². The standard InChI is InChI=1S/C16H17N3/c1-2-17-16-18-14-10-6-7-11-15(14)19(16)12-13-8-4-3-5-9-13/h3-11H,2,12H2,1H3,(H,17,18). The summed E-state index contributed by atoms with van der Waals surface area (Å²) in [6.07, 6.45) is 0. The van der Waals surface area contributed by atoms with Crippen LogP contribution >= 0.6 is 0 Å². The van der Waals surface area contributed by atoms with Crippen molar-refractivity contribution in [3.8, 4) is 0 Å². The smallest absolute Gasteiger partial charge is 0.204 e. The highest BCUT2D eigenvalue weighted by atomic mass is 15.2. The first-order valence-corrected chi connectivity index (χ1v) is 6.61. The van der Waals surface area contributed by atoms with Gasteiger partial charge in [-0.2, -0.15) is 0 Å². The third-order valence-corrected chi connectivity index (χ3v) is 3.17. The average Bonchev–Trinajstić information content (AvgIpc) is 2.79. The monoisotopic (exact) mass is 251 g/mol. The summed E-state index contributed by atoms with van der Waals surface area (Å²) in [5.74, 6) is 0.938. The van der Waals surface area contributed by atoms with Gasteiger partial charge in [0.2, 0.25) is 5.95 Å². The maximum atomic E-state index is 4.65. The van der Waals surface area contributed by atoms with Gasteiger partial charge in [-0.1, -0.05) is 42.5 Å². The Labute approximate surface area is 112 Å². The Morgan fingerprint density at radius 1 is 1.00 bits per heavy atom. The molecule has 0 fully saturated rings. The van der Waals surface area contributed by atoms with Crippen molar-refractivity contribution in [1.82, 2.24) is 9.55 Å². The highest BCUT2D eigenvalue weighted by molar-refractivity contribution is 5.78. The molecule has 1 aromatic heterocycles. The Bertz CT molecular complexity index is 671. The molecule has 0 atom stereocenters. The minimum Gasteiger partial charge on any atom is -0.356 e. The van der Waals surface area contributed by atoms with Crippen LogP contribution in [0.15, 0.2) is 54.6 Å². The van der Waals surface area contributed by atoms with Gasteiger partial charge >= 0.3 is 0 Å². The number of benzene rings is 2. The molecule has 0 aliphatic carbocycles. The van der Waals surface area contributed by atoms with E-state index in [1.54, 1.807) is 0 Å². The molecule has 3 rings (SSSR count). The summed E-state index contributed by atoms with van der Waals surface area (Å²) < 4.78 is 2.23. The molecule has 0 aliphatic rings. The summed E-state index contributed by atoms with van der Waals surface area (Å²) in [6, 6.07) is 18.7. The lowest BCUT2D eigenvalue weighted by Crippen LogP contribution is -2.07. The average molecular weight is 251 g/mol. The number of rotatable bonds is 4. The molecule has 96 valence electrons. The van der Waals surface area contributed by atoms with Gasteiger partial charge in [0.05, 0.1) is 17.6 Å². The molecule has 1 heterocycles. The molecule has 0 spiro atoms. The maximum Gasteiger partial charge on any atom is 0.204 e. The third kappa shape index (κ3) is 2.32. The Hall–Kier alpha value is -2.29. The first-order valence-electron chi connectivity index (χ1n) is 6.61. The minimum atomic E-state index is 0.837. The first kappa shape index (κ1) is 11.8. The van der Waals surface area contributed by atoms with Gasteiger partial charge in [0.1, 0.15) is 0 Å². The van der Waals surface area contributed by atoms with Crippen LogP contribution < -0.4 is 5.32 Å². The zero-order valence-corrected chi connectivity index (χ0v) is 11.0.